The molecule has 4 rings (SSSR count). The lowest BCUT2D eigenvalue weighted by molar-refractivity contribution is 0.201. The maximum absolute atomic E-state index is 5.20. The Morgan fingerprint density at radius 3 is 2.68 bits per heavy atom. The zero-order chi connectivity index (χ0) is 19.8. The molecule has 0 unspecified atom stereocenters. The van der Waals surface area contributed by atoms with E-state index < -0.39 is 0 Å². The summed E-state index contributed by atoms with van der Waals surface area (Å²) in [5.41, 5.74) is 4.01. The smallest absolute Gasteiger partial charge is 0.116 e. The highest BCUT2D eigenvalue weighted by Gasteiger charge is 2.17. The van der Waals surface area contributed by atoms with Gasteiger partial charge in [-0.1, -0.05) is 18.9 Å². The zero-order valence-corrected chi connectivity index (χ0v) is 17.7. The molecule has 1 saturated carbocycles. The molecule has 0 bridgehead atoms. The maximum atomic E-state index is 5.20. The van der Waals surface area contributed by atoms with Gasteiger partial charge in [-0.3, -0.25) is 0 Å². The van der Waals surface area contributed by atoms with Crippen LogP contribution in [0.2, 0.25) is 0 Å². The van der Waals surface area contributed by atoms with Crippen LogP contribution in [-0.4, -0.2) is 52.6 Å². The lowest BCUT2D eigenvalue weighted by Crippen LogP contribution is -2.20. The van der Waals surface area contributed by atoms with Crippen LogP contribution in [0.5, 0.6) is 0 Å². The number of nitrogens with zero attached hydrogens (tertiary/aromatic N) is 4. The first-order chi connectivity index (χ1) is 13.8. The summed E-state index contributed by atoms with van der Waals surface area (Å²) in [5.74, 6) is 0. The number of nitrogens with one attached hydrogen (secondary N) is 1. The van der Waals surface area contributed by atoms with Gasteiger partial charge in [-0.2, -0.15) is 5.10 Å². The lowest BCUT2D eigenvalue weighted by atomic mass is 10.1. The predicted octanol–water partition coefficient (Wildman–Crippen LogP) is 3.85. The van der Waals surface area contributed by atoms with E-state index in [1.54, 1.807) is 31.4 Å². The molecule has 1 fully saturated rings. The van der Waals surface area contributed by atoms with Gasteiger partial charge in [0, 0.05) is 31.3 Å². The van der Waals surface area contributed by atoms with Gasteiger partial charge in [-0.25, -0.2) is 14.5 Å². The van der Waals surface area contributed by atoms with Gasteiger partial charge < -0.3 is 10.1 Å². The summed E-state index contributed by atoms with van der Waals surface area (Å²) in [6, 6.07) is 8.95. The van der Waals surface area contributed by atoms with Crippen molar-refractivity contribution in [2.75, 3.05) is 27.0 Å². The van der Waals surface area contributed by atoms with Crippen LogP contribution < -0.4 is 5.32 Å². The van der Waals surface area contributed by atoms with E-state index in [1.807, 2.05) is 16.6 Å². The summed E-state index contributed by atoms with van der Waals surface area (Å²) in [5, 5.41) is 9.12. The molecule has 0 aromatic carbocycles. The van der Waals surface area contributed by atoms with Crippen LogP contribution in [0.4, 0.5) is 0 Å². The predicted molar refractivity (Wildman–Crippen MR) is 115 cm³/mol. The first-order valence-corrected chi connectivity index (χ1v) is 11.0. The lowest BCUT2D eigenvalue weighted by Gasteiger charge is -2.03. The Hall–Kier alpha value is -1.96. The third-order valence-corrected chi connectivity index (χ3v) is 5.78. The highest BCUT2D eigenvalue weighted by Crippen LogP contribution is 2.29. The number of pyridine rings is 1. The number of methoxy groups -OCH3 is 1. The summed E-state index contributed by atoms with van der Waals surface area (Å²) in [6.07, 6.45) is 11.8. The van der Waals surface area contributed by atoms with Gasteiger partial charge in [0.25, 0.3) is 0 Å². The van der Waals surface area contributed by atoms with Gasteiger partial charge in [-0.05, 0) is 44.3 Å². The summed E-state index contributed by atoms with van der Waals surface area (Å²) in [4.78, 5) is 8.38. The molecule has 0 saturated heterocycles. The maximum Gasteiger partial charge on any atom is 0.116 e. The fraction of sp³-hybridized carbons (Fsp3) is 0.476. The van der Waals surface area contributed by atoms with E-state index in [2.05, 4.69) is 40.7 Å². The second-order valence-corrected chi connectivity index (χ2v) is 7.62. The SMILES string of the molecule is CNC1CCCC1.COCCc1nn2c(SC)cccc2c1-c1ccncn1. The average Bonchev–Trinajstić information content (AvgIpc) is 3.40. The molecule has 1 aliphatic carbocycles. The van der Waals surface area contributed by atoms with Gasteiger partial charge in [0.05, 0.1) is 28.5 Å². The molecule has 1 N–H and O–H groups in total. The standard InChI is InChI=1S/C15H16N4OS.C6H13N/c1-20-9-7-12-15(11-6-8-16-10-17-11)13-4-3-5-14(21-2)19(13)18-12;1-7-6-4-2-3-5-6/h3-6,8,10H,7,9H2,1-2H3;6-7H,2-5H2,1H3. The van der Waals surface area contributed by atoms with E-state index in [0.717, 1.165) is 40.0 Å². The molecule has 0 amide bonds. The molecule has 6 nitrogen and oxygen atoms in total. The quantitative estimate of drug-likeness (QED) is 0.635. The minimum Gasteiger partial charge on any atom is -0.384 e. The number of fused-ring (bicyclic) bond motifs is 1. The van der Waals surface area contributed by atoms with Crippen molar-refractivity contribution in [3.05, 3.63) is 42.5 Å². The van der Waals surface area contributed by atoms with Crippen molar-refractivity contribution in [2.45, 2.75) is 43.2 Å². The summed E-state index contributed by atoms with van der Waals surface area (Å²) in [7, 11) is 3.75. The minimum atomic E-state index is 0.635. The molecule has 1 aliphatic rings. The summed E-state index contributed by atoms with van der Waals surface area (Å²) < 4.78 is 7.18. The fourth-order valence-corrected chi connectivity index (χ4v) is 4.08. The molecule has 7 heteroatoms. The minimum absolute atomic E-state index is 0.635. The highest BCUT2D eigenvalue weighted by atomic mass is 32.2. The number of aromatic nitrogens is 4. The van der Waals surface area contributed by atoms with E-state index in [0.29, 0.717) is 6.61 Å². The van der Waals surface area contributed by atoms with Crippen LogP contribution >= 0.6 is 11.8 Å². The van der Waals surface area contributed by atoms with Gasteiger partial charge in [0.1, 0.15) is 6.33 Å². The van der Waals surface area contributed by atoms with Crippen LogP contribution in [0.1, 0.15) is 31.4 Å². The van der Waals surface area contributed by atoms with Crippen LogP contribution in [0.25, 0.3) is 16.8 Å². The highest BCUT2D eigenvalue weighted by molar-refractivity contribution is 7.98. The molecule has 0 aliphatic heterocycles. The van der Waals surface area contributed by atoms with Crippen molar-refractivity contribution in [3.63, 3.8) is 0 Å². The molecule has 3 aromatic rings. The molecule has 0 spiro atoms. The molecule has 0 atom stereocenters. The van der Waals surface area contributed by atoms with Crippen LogP contribution in [-0.2, 0) is 11.2 Å². The molecular weight excluding hydrogens is 370 g/mol. The number of rotatable bonds is 6. The van der Waals surface area contributed by atoms with E-state index in [-0.39, 0.29) is 0 Å². The van der Waals surface area contributed by atoms with Gasteiger partial charge in [-0.15, -0.1) is 11.8 Å². The van der Waals surface area contributed by atoms with Gasteiger partial charge >= 0.3 is 0 Å². The first kappa shape index (κ1) is 20.8. The van der Waals surface area contributed by atoms with Crippen molar-refractivity contribution in [2.24, 2.45) is 0 Å². The third-order valence-electron chi connectivity index (χ3n) is 5.05. The Morgan fingerprint density at radius 2 is 2.07 bits per heavy atom. The molecular formula is C21H29N5OS. The van der Waals surface area contributed by atoms with Crippen LogP contribution in [0.15, 0.2) is 41.8 Å². The van der Waals surface area contributed by atoms with Crippen molar-refractivity contribution in [3.8, 4) is 11.3 Å². The van der Waals surface area contributed by atoms with Crippen LogP contribution in [0, 0.1) is 0 Å². The second-order valence-electron chi connectivity index (χ2n) is 6.79. The summed E-state index contributed by atoms with van der Waals surface area (Å²) in [6.45, 7) is 0.635. The van der Waals surface area contributed by atoms with Gasteiger partial charge in [0.2, 0.25) is 0 Å². The number of hydrogen-bond acceptors (Lipinski definition) is 6. The normalized spacial score (nSPS) is 14.2. The van der Waals surface area contributed by atoms with Crippen molar-refractivity contribution < 1.29 is 4.74 Å². The zero-order valence-electron chi connectivity index (χ0n) is 16.9. The Labute approximate surface area is 171 Å². The summed E-state index contributed by atoms with van der Waals surface area (Å²) >= 11 is 1.68. The Morgan fingerprint density at radius 1 is 1.25 bits per heavy atom. The topological polar surface area (TPSA) is 64.3 Å². The molecule has 3 aromatic heterocycles. The van der Waals surface area contributed by atoms with E-state index in [9.17, 15) is 0 Å². The largest absolute Gasteiger partial charge is 0.384 e. The number of hydrogen-bond donors (Lipinski definition) is 1. The number of thioether (sulfide) groups is 1. The van der Waals surface area contributed by atoms with E-state index >= 15 is 0 Å². The molecule has 150 valence electrons. The van der Waals surface area contributed by atoms with Crippen molar-refractivity contribution >= 4 is 17.3 Å². The van der Waals surface area contributed by atoms with Crippen molar-refractivity contribution in [1.82, 2.24) is 24.9 Å². The molecule has 3 heterocycles. The van der Waals surface area contributed by atoms with Crippen molar-refractivity contribution in [1.29, 1.82) is 0 Å². The average molecular weight is 400 g/mol. The molecule has 28 heavy (non-hydrogen) atoms. The fourth-order valence-electron chi connectivity index (χ4n) is 3.55. The first-order valence-electron chi connectivity index (χ1n) is 9.75. The Kier molecular flexibility index (Phi) is 7.82. The second kappa shape index (κ2) is 10.5. The van der Waals surface area contributed by atoms with E-state index in [1.165, 1.54) is 25.7 Å². The number of ether oxygens (including phenoxy) is 1. The van der Waals surface area contributed by atoms with Gasteiger partial charge in [0.15, 0.2) is 0 Å². The Balaban J connectivity index is 0.000000271. The third kappa shape index (κ3) is 4.90. The molecule has 0 radical (unpaired) electrons. The van der Waals surface area contributed by atoms with E-state index in [4.69, 9.17) is 9.84 Å². The Bertz CT molecular complexity index is 862. The monoisotopic (exact) mass is 399 g/mol. The van der Waals surface area contributed by atoms with Crippen LogP contribution in [0.3, 0.4) is 0 Å².